The lowest BCUT2D eigenvalue weighted by molar-refractivity contribution is 0.0787. The highest BCUT2D eigenvalue weighted by molar-refractivity contribution is 5.95. The zero-order chi connectivity index (χ0) is 15.2. The van der Waals surface area contributed by atoms with Gasteiger partial charge in [-0.1, -0.05) is 25.2 Å². The van der Waals surface area contributed by atoms with Crippen LogP contribution in [0.15, 0.2) is 18.2 Å². The third-order valence-corrected chi connectivity index (χ3v) is 3.94. The Morgan fingerprint density at radius 1 is 1.43 bits per heavy atom. The largest absolute Gasteiger partial charge is 0.395 e. The highest BCUT2D eigenvalue weighted by Gasteiger charge is 2.25. The Kier molecular flexibility index (Phi) is 5.41. The van der Waals surface area contributed by atoms with Crippen LogP contribution in [0.2, 0.25) is 0 Å². The van der Waals surface area contributed by atoms with Crippen molar-refractivity contribution in [3.63, 3.8) is 0 Å². The van der Waals surface area contributed by atoms with Crippen LogP contribution in [-0.2, 0) is 0 Å². The second kappa shape index (κ2) is 7.28. The Morgan fingerprint density at radius 2 is 2.24 bits per heavy atom. The first kappa shape index (κ1) is 15.6. The van der Waals surface area contributed by atoms with Gasteiger partial charge >= 0.3 is 0 Å². The number of carbonyl (C=O) groups is 1. The lowest BCUT2D eigenvalue weighted by Crippen LogP contribution is -2.28. The Morgan fingerprint density at radius 3 is 2.90 bits per heavy atom. The second-order valence-corrected chi connectivity index (χ2v) is 5.68. The fraction of sp³-hybridized carbons (Fsp3) is 0.500. The SMILES string of the molecule is CCC1CCN(C(=O)c2cc(C)cc(C#CCCO)c2)C1. The van der Waals surface area contributed by atoms with Gasteiger partial charge in [-0.05, 0) is 43.0 Å². The average molecular weight is 285 g/mol. The van der Waals surface area contributed by atoms with Crippen molar-refractivity contribution in [3.8, 4) is 11.8 Å². The van der Waals surface area contributed by atoms with E-state index in [1.165, 1.54) is 0 Å². The lowest BCUT2D eigenvalue weighted by atomic mass is 10.1. The maximum Gasteiger partial charge on any atom is 0.253 e. The first-order valence-electron chi connectivity index (χ1n) is 7.64. The monoisotopic (exact) mass is 285 g/mol. The number of hydrogen-bond donors (Lipinski definition) is 1. The molecule has 1 aromatic carbocycles. The van der Waals surface area contributed by atoms with E-state index in [9.17, 15) is 4.79 Å². The van der Waals surface area contributed by atoms with Crippen molar-refractivity contribution in [2.24, 2.45) is 5.92 Å². The Bertz CT molecular complexity index is 568. The molecule has 1 aliphatic rings. The number of nitrogens with zero attached hydrogens (tertiary/aromatic N) is 1. The van der Waals surface area contributed by atoms with E-state index in [4.69, 9.17) is 5.11 Å². The van der Waals surface area contributed by atoms with E-state index in [1.807, 2.05) is 30.0 Å². The van der Waals surface area contributed by atoms with Crippen molar-refractivity contribution in [2.45, 2.75) is 33.1 Å². The van der Waals surface area contributed by atoms with Gasteiger partial charge in [0.15, 0.2) is 0 Å². The molecule has 1 heterocycles. The van der Waals surface area contributed by atoms with E-state index in [0.29, 0.717) is 12.3 Å². The highest BCUT2D eigenvalue weighted by atomic mass is 16.2. The molecule has 1 amide bonds. The smallest absolute Gasteiger partial charge is 0.253 e. The number of carbonyl (C=O) groups excluding carboxylic acids is 1. The predicted molar refractivity (Wildman–Crippen MR) is 84.1 cm³/mol. The van der Waals surface area contributed by atoms with E-state index < -0.39 is 0 Å². The van der Waals surface area contributed by atoms with E-state index in [0.717, 1.165) is 42.6 Å². The summed E-state index contributed by atoms with van der Waals surface area (Å²) in [4.78, 5) is 14.5. The zero-order valence-electron chi connectivity index (χ0n) is 12.9. The van der Waals surface area contributed by atoms with Gasteiger partial charge in [0.2, 0.25) is 0 Å². The molecule has 0 bridgehead atoms. The molecular weight excluding hydrogens is 262 g/mol. The van der Waals surface area contributed by atoms with Crippen LogP contribution in [0.25, 0.3) is 0 Å². The molecule has 1 fully saturated rings. The topological polar surface area (TPSA) is 40.5 Å². The molecule has 21 heavy (non-hydrogen) atoms. The van der Waals surface area contributed by atoms with Gasteiger partial charge in [-0.3, -0.25) is 4.79 Å². The zero-order valence-corrected chi connectivity index (χ0v) is 12.9. The molecule has 1 aliphatic heterocycles. The fourth-order valence-corrected chi connectivity index (χ4v) is 2.73. The number of aryl methyl sites for hydroxylation is 1. The number of aliphatic hydroxyl groups is 1. The second-order valence-electron chi connectivity index (χ2n) is 5.68. The van der Waals surface area contributed by atoms with Crippen LogP contribution < -0.4 is 0 Å². The van der Waals surface area contributed by atoms with Crippen LogP contribution in [0.5, 0.6) is 0 Å². The summed E-state index contributed by atoms with van der Waals surface area (Å²) in [7, 11) is 0. The lowest BCUT2D eigenvalue weighted by Gasteiger charge is -2.17. The van der Waals surface area contributed by atoms with Crippen molar-refractivity contribution in [3.05, 3.63) is 34.9 Å². The summed E-state index contributed by atoms with van der Waals surface area (Å²) >= 11 is 0. The molecule has 1 aromatic rings. The Labute approximate surface area is 127 Å². The van der Waals surface area contributed by atoms with Gasteiger partial charge in [-0.15, -0.1) is 0 Å². The molecule has 0 spiro atoms. The third-order valence-electron chi connectivity index (χ3n) is 3.94. The molecule has 1 atom stereocenters. The molecule has 1 N–H and O–H groups in total. The summed E-state index contributed by atoms with van der Waals surface area (Å²) in [6, 6.07) is 5.76. The standard InChI is InChI=1S/C18H23NO2/c1-3-15-7-8-19(13-15)18(21)17-11-14(2)10-16(12-17)6-4-5-9-20/h10-12,15,20H,3,5,7-9,13H2,1-2H3. The number of rotatable bonds is 3. The predicted octanol–water partition coefficient (Wildman–Crippen LogP) is 2.60. The summed E-state index contributed by atoms with van der Waals surface area (Å²) in [5.74, 6) is 6.67. The molecule has 112 valence electrons. The van der Waals surface area contributed by atoms with Crippen molar-refractivity contribution in [2.75, 3.05) is 19.7 Å². The summed E-state index contributed by atoms with van der Waals surface area (Å²) in [5.41, 5.74) is 2.61. The number of hydrogen-bond acceptors (Lipinski definition) is 2. The quantitative estimate of drug-likeness (QED) is 0.867. The molecule has 3 heteroatoms. The van der Waals surface area contributed by atoms with Gasteiger partial charge in [0.05, 0.1) is 6.61 Å². The minimum absolute atomic E-state index is 0.0663. The van der Waals surface area contributed by atoms with Crippen LogP contribution in [0.4, 0.5) is 0 Å². The van der Waals surface area contributed by atoms with E-state index in [2.05, 4.69) is 18.8 Å². The van der Waals surface area contributed by atoms with Gasteiger partial charge < -0.3 is 10.0 Å². The van der Waals surface area contributed by atoms with Crippen LogP contribution in [0.3, 0.4) is 0 Å². The maximum atomic E-state index is 12.6. The first-order chi connectivity index (χ1) is 10.1. The van der Waals surface area contributed by atoms with Crippen LogP contribution in [-0.4, -0.2) is 35.6 Å². The van der Waals surface area contributed by atoms with Gasteiger partial charge in [0.25, 0.3) is 5.91 Å². The van der Waals surface area contributed by atoms with Gasteiger partial charge in [-0.2, -0.15) is 0 Å². The minimum Gasteiger partial charge on any atom is -0.395 e. The van der Waals surface area contributed by atoms with Crippen molar-refractivity contribution >= 4 is 5.91 Å². The summed E-state index contributed by atoms with van der Waals surface area (Å²) in [6.07, 6.45) is 2.70. The summed E-state index contributed by atoms with van der Waals surface area (Å²) < 4.78 is 0. The molecule has 1 unspecified atom stereocenters. The number of benzene rings is 1. The minimum atomic E-state index is 0.0663. The van der Waals surface area contributed by atoms with Crippen molar-refractivity contribution in [1.29, 1.82) is 0 Å². The van der Waals surface area contributed by atoms with Crippen LogP contribution >= 0.6 is 0 Å². The molecule has 0 aliphatic carbocycles. The maximum absolute atomic E-state index is 12.6. The summed E-state index contributed by atoms with van der Waals surface area (Å²) in [6.45, 7) is 5.95. The molecule has 2 rings (SSSR count). The van der Waals surface area contributed by atoms with Gasteiger partial charge in [-0.25, -0.2) is 0 Å². The van der Waals surface area contributed by atoms with Crippen LogP contribution in [0.1, 0.15) is 47.7 Å². The molecule has 3 nitrogen and oxygen atoms in total. The van der Waals surface area contributed by atoms with E-state index in [-0.39, 0.29) is 12.5 Å². The van der Waals surface area contributed by atoms with Crippen molar-refractivity contribution in [1.82, 2.24) is 4.90 Å². The number of likely N-dealkylation sites (tertiary alicyclic amines) is 1. The van der Waals surface area contributed by atoms with E-state index >= 15 is 0 Å². The highest BCUT2D eigenvalue weighted by Crippen LogP contribution is 2.21. The molecule has 0 saturated carbocycles. The number of amides is 1. The molecule has 0 aromatic heterocycles. The fourth-order valence-electron chi connectivity index (χ4n) is 2.73. The Hall–Kier alpha value is -1.79. The van der Waals surface area contributed by atoms with E-state index in [1.54, 1.807) is 0 Å². The molecular formula is C18H23NO2. The van der Waals surface area contributed by atoms with Gasteiger partial charge in [0, 0.05) is 30.6 Å². The average Bonchev–Trinajstić information content (AvgIpc) is 2.95. The number of aliphatic hydroxyl groups excluding tert-OH is 1. The van der Waals surface area contributed by atoms with Crippen LogP contribution in [0, 0.1) is 24.7 Å². The first-order valence-corrected chi connectivity index (χ1v) is 7.64. The Balaban J connectivity index is 2.16. The summed E-state index contributed by atoms with van der Waals surface area (Å²) in [5, 5.41) is 8.77. The normalized spacial score (nSPS) is 17.5. The van der Waals surface area contributed by atoms with Gasteiger partial charge in [0.1, 0.15) is 0 Å². The van der Waals surface area contributed by atoms with Crippen molar-refractivity contribution < 1.29 is 9.90 Å². The molecule has 1 saturated heterocycles. The third kappa shape index (κ3) is 4.09. The molecule has 0 radical (unpaired) electrons.